The van der Waals surface area contributed by atoms with Gasteiger partial charge in [-0.25, -0.2) is 9.37 Å². The maximum Gasteiger partial charge on any atom is 0.180 e. The Morgan fingerprint density at radius 2 is 2.27 bits per heavy atom. The molecule has 0 saturated heterocycles. The number of halogens is 1. The van der Waals surface area contributed by atoms with Crippen LogP contribution in [0, 0.1) is 5.82 Å². The minimum atomic E-state index is -0.387. The molecular formula is C10H9FN2OS. The van der Waals surface area contributed by atoms with E-state index in [1.54, 1.807) is 18.3 Å². The lowest BCUT2D eigenvalue weighted by Gasteiger charge is -2.06. The van der Waals surface area contributed by atoms with Gasteiger partial charge in [0.15, 0.2) is 16.7 Å². The molecule has 0 aliphatic carbocycles. The van der Waals surface area contributed by atoms with E-state index in [0.29, 0.717) is 10.7 Å². The molecule has 0 amide bonds. The van der Waals surface area contributed by atoms with E-state index >= 15 is 0 Å². The third-order valence-electron chi connectivity index (χ3n) is 1.96. The van der Waals surface area contributed by atoms with E-state index in [1.807, 2.05) is 0 Å². The highest BCUT2D eigenvalue weighted by Gasteiger charge is 2.12. The molecule has 2 aromatic rings. The molecule has 0 fully saturated rings. The quantitative estimate of drug-likeness (QED) is 0.852. The summed E-state index contributed by atoms with van der Waals surface area (Å²) in [5.74, 6) is -0.164. The largest absolute Gasteiger partial charge is 0.493 e. The molecule has 1 aromatic carbocycles. The molecule has 0 spiro atoms. The van der Waals surface area contributed by atoms with Crippen molar-refractivity contribution >= 4 is 16.5 Å². The highest BCUT2D eigenvalue weighted by Crippen LogP contribution is 2.35. The number of para-hydroxylation sites is 1. The smallest absolute Gasteiger partial charge is 0.180 e. The Bertz CT molecular complexity index is 484. The Balaban J connectivity index is 2.57. The lowest BCUT2D eigenvalue weighted by Crippen LogP contribution is -1.90. The molecule has 2 N–H and O–H groups in total. The number of methoxy groups -OCH3 is 1. The molecule has 3 nitrogen and oxygen atoms in total. The van der Waals surface area contributed by atoms with Crippen LogP contribution in [0.1, 0.15) is 0 Å². The van der Waals surface area contributed by atoms with Crippen molar-refractivity contribution in [1.82, 2.24) is 4.98 Å². The summed E-state index contributed by atoms with van der Waals surface area (Å²) in [6.45, 7) is 0. The zero-order valence-electron chi connectivity index (χ0n) is 8.03. The van der Waals surface area contributed by atoms with Gasteiger partial charge in [-0.2, -0.15) is 0 Å². The fourth-order valence-electron chi connectivity index (χ4n) is 1.32. The number of benzene rings is 1. The number of anilines is 1. The van der Waals surface area contributed by atoms with Crippen molar-refractivity contribution in [2.75, 3.05) is 12.8 Å². The second-order valence-corrected chi connectivity index (χ2v) is 3.95. The number of ether oxygens (including phenoxy) is 1. The lowest BCUT2D eigenvalue weighted by atomic mass is 10.2. The van der Waals surface area contributed by atoms with Gasteiger partial charge in [-0.3, -0.25) is 0 Å². The molecule has 1 aromatic heterocycles. The van der Waals surface area contributed by atoms with Gasteiger partial charge in [0.25, 0.3) is 0 Å². The molecule has 0 bridgehead atoms. The highest BCUT2D eigenvalue weighted by atomic mass is 32.1. The molecule has 0 radical (unpaired) electrons. The van der Waals surface area contributed by atoms with Crippen molar-refractivity contribution in [2.45, 2.75) is 0 Å². The summed E-state index contributed by atoms with van der Waals surface area (Å²) in [5, 5.41) is 0.455. The van der Waals surface area contributed by atoms with Gasteiger partial charge in [-0.15, -0.1) is 0 Å². The van der Waals surface area contributed by atoms with Gasteiger partial charge in [-0.1, -0.05) is 17.4 Å². The van der Waals surface area contributed by atoms with Crippen molar-refractivity contribution in [1.29, 1.82) is 0 Å². The van der Waals surface area contributed by atoms with E-state index in [2.05, 4.69) is 4.98 Å². The van der Waals surface area contributed by atoms with Crippen molar-refractivity contribution in [2.24, 2.45) is 0 Å². The molecule has 0 aliphatic rings. The van der Waals surface area contributed by atoms with Crippen LogP contribution in [0.15, 0.2) is 24.4 Å². The molecule has 0 aliphatic heterocycles. The van der Waals surface area contributed by atoms with Crippen molar-refractivity contribution in [3.63, 3.8) is 0 Å². The number of nitrogens with two attached hydrogens (primary N) is 1. The summed E-state index contributed by atoms with van der Waals surface area (Å²) in [4.78, 5) is 4.71. The molecule has 0 saturated carbocycles. The third kappa shape index (κ3) is 1.78. The predicted octanol–water partition coefficient (Wildman–Crippen LogP) is 2.54. The Morgan fingerprint density at radius 1 is 1.47 bits per heavy atom. The molecule has 2 rings (SSSR count). The molecular weight excluding hydrogens is 215 g/mol. The topological polar surface area (TPSA) is 48.1 Å². The van der Waals surface area contributed by atoms with E-state index in [4.69, 9.17) is 10.5 Å². The zero-order chi connectivity index (χ0) is 10.8. The first-order chi connectivity index (χ1) is 7.22. The number of aromatic nitrogens is 1. The third-order valence-corrected chi connectivity index (χ3v) is 2.82. The average Bonchev–Trinajstić information content (AvgIpc) is 2.64. The lowest BCUT2D eigenvalue weighted by molar-refractivity contribution is 0.388. The average molecular weight is 224 g/mol. The van der Waals surface area contributed by atoms with Gasteiger partial charge in [-0.05, 0) is 12.1 Å². The summed E-state index contributed by atoms with van der Waals surface area (Å²) in [6, 6.07) is 4.75. The number of rotatable bonds is 2. The SMILES string of the molecule is COc1c(F)cccc1-c1cnc(N)s1. The van der Waals surface area contributed by atoms with Crippen molar-refractivity contribution in [3.05, 3.63) is 30.2 Å². The van der Waals surface area contributed by atoms with E-state index in [9.17, 15) is 4.39 Å². The fourth-order valence-corrected chi connectivity index (χ4v) is 2.03. The van der Waals surface area contributed by atoms with Gasteiger partial charge in [0.05, 0.1) is 12.0 Å². The monoisotopic (exact) mass is 224 g/mol. The Morgan fingerprint density at radius 3 is 2.87 bits per heavy atom. The maximum atomic E-state index is 13.4. The first-order valence-corrected chi connectivity index (χ1v) is 5.08. The highest BCUT2D eigenvalue weighted by molar-refractivity contribution is 7.18. The standard InChI is InChI=1S/C10H9FN2OS/c1-14-9-6(3-2-4-7(9)11)8-5-13-10(12)15-8/h2-5H,1H3,(H2,12,13). The van der Waals surface area contributed by atoms with Gasteiger partial charge in [0, 0.05) is 11.8 Å². The van der Waals surface area contributed by atoms with Crippen molar-refractivity contribution in [3.8, 4) is 16.2 Å². The minimum absolute atomic E-state index is 0.223. The van der Waals surface area contributed by atoms with E-state index < -0.39 is 0 Å². The van der Waals surface area contributed by atoms with Crippen LogP contribution in [-0.4, -0.2) is 12.1 Å². The minimum Gasteiger partial charge on any atom is -0.493 e. The van der Waals surface area contributed by atoms with Gasteiger partial charge in [0.1, 0.15) is 0 Å². The van der Waals surface area contributed by atoms with Gasteiger partial charge >= 0.3 is 0 Å². The number of hydrogen-bond acceptors (Lipinski definition) is 4. The summed E-state index contributed by atoms with van der Waals surface area (Å²) in [5.41, 5.74) is 6.19. The molecule has 1 heterocycles. The Hall–Kier alpha value is -1.62. The summed E-state index contributed by atoms with van der Waals surface area (Å²) in [7, 11) is 1.44. The Kier molecular flexibility index (Phi) is 2.55. The Labute approximate surface area is 90.3 Å². The van der Waals surface area contributed by atoms with Crippen LogP contribution in [0.4, 0.5) is 9.52 Å². The fraction of sp³-hybridized carbons (Fsp3) is 0.100. The van der Waals surface area contributed by atoms with Gasteiger partial charge < -0.3 is 10.5 Å². The van der Waals surface area contributed by atoms with E-state index in [0.717, 1.165) is 4.88 Å². The molecule has 78 valence electrons. The van der Waals surface area contributed by atoms with Crippen molar-refractivity contribution < 1.29 is 9.13 Å². The molecule has 15 heavy (non-hydrogen) atoms. The van der Waals surface area contributed by atoms with Crippen LogP contribution in [0.25, 0.3) is 10.4 Å². The van der Waals surface area contributed by atoms with Crippen LogP contribution in [-0.2, 0) is 0 Å². The number of nitrogen functional groups attached to an aromatic ring is 1. The van der Waals surface area contributed by atoms with E-state index in [1.165, 1.54) is 24.5 Å². The zero-order valence-corrected chi connectivity index (χ0v) is 8.84. The molecule has 5 heteroatoms. The molecule has 0 unspecified atom stereocenters. The second kappa shape index (κ2) is 3.86. The summed E-state index contributed by atoms with van der Waals surface area (Å²) in [6.07, 6.45) is 1.61. The van der Waals surface area contributed by atoms with Crippen LogP contribution in [0.2, 0.25) is 0 Å². The number of nitrogens with zero attached hydrogens (tertiary/aromatic N) is 1. The van der Waals surface area contributed by atoms with Crippen LogP contribution < -0.4 is 10.5 Å². The molecule has 0 atom stereocenters. The first-order valence-electron chi connectivity index (χ1n) is 4.26. The van der Waals surface area contributed by atoms with Gasteiger partial charge in [0.2, 0.25) is 0 Å². The van der Waals surface area contributed by atoms with Crippen LogP contribution in [0.3, 0.4) is 0 Å². The van der Waals surface area contributed by atoms with Crippen LogP contribution in [0.5, 0.6) is 5.75 Å². The second-order valence-electron chi connectivity index (χ2n) is 2.88. The number of hydrogen-bond donors (Lipinski definition) is 1. The van der Waals surface area contributed by atoms with E-state index in [-0.39, 0.29) is 11.6 Å². The maximum absolute atomic E-state index is 13.4. The summed E-state index contributed by atoms with van der Waals surface area (Å²) >= 11 is 1.30. The normalized spacial score (nSPS) is 10.3. The summed E-state index contributed by atoms with van der Waals surface area (Å²) < 4.78 is 18.4. The number of thiazole rings is 1. The predicted molar refractivity (Wildman–Crippen MR) is 58.5 cm³/mol. The first kappa shape index (κ1) is 9.92. The van der Waals surface area contributed by atoms with Crippen LogP contribution >= 0.6 is 11.3 Å².